The van der Waals surface area contributed by atoms with E-state index in [-0.39, 0.29) is 6.61 Å². The van der Waals surface area contributed by atoms with E-state index in [9.17, 15) is 4.79 Å². The third-order valence-corrected chi connectivity index (χ3v) is 3.29. The number of benzene rings is 2. The van der Waals surface area contributed by atoms with E-state index in [4.69, 9.17) is 22.2 Å². The average molecular weight is 335 g/mol. The van der Waals surface area contributed by atoms with Crippen LogP contribution in [-0.2, 0) is 9.53 Å². The summed E-state index contributed by atoms with van der Waals surface area (Å²) in [6, 6.07) is 16.2. The lowest BCUT2D eigenvalue weighted by Gasteiger charge is -2.28. The van der Waals surface area contributed by atoms with Crippen LogP contribution in [-0.4, -0.2) is 18.7 Å². The third-order valence-electron chi connectivity index (χ3n) is 3.04. The number of anilines is 2. The van der Waals surface area contributed by atoms with Gasteiger partial charge in [0.1, 0.15) is 0 Å². The van der Waals surface area contributed by atoms with Crippen molar-refractivity contribution in [1.82, 2.24) is 5.43 Å². The van der Waals surface area contributed by atoms with Crippen LogP contribution in [0, 0.1) is 0 Å². The molecule has 1 unspecified atom stereocenters. The first-order valence-corrected chi connectivity index (χ1v) is 7.52. The molecule has 7 heteroatoms. The molecule has 4 N–H and O–H groups in total. The molecular formula is C16H19ClN4O2. The topological polar surface area (TPSA) is 79.6 Å². The number of nitrogens with two attached hydrogens (primary N) is 1. The molecule has 0 saturated carbocycles. The van der Waals surface area contributed by atoms with Crippen molar-refractivity contribution in [3.05, 3.63) is 59.6 Å². The summed E-state index contributed by atoms with van der Waals surface area (Å²) in [5.74, 6) is 5.58. The summed E-state index contributed by atoms with van der Waals surface area (Å²) in [6.45, 7) is 2.00. The molecule has 23 heavy (non-hydrogen) atoms. The Morgan fingerprint density at radius 3 is 2.48 bits per heavy atom. The number of carbonyl (C=O) groups excluding carboxylic acids is 1. The summed E-state index contributed by atoms with van der Waals surface area (Å²) in [4.78, 5) is 12.2. The number of carbonyl (C=O) groups is 1. The number of ether oxygens (including phenoxy) is 1. The molecule has 0 aliphatic heterocycles. The van der Waals surface area contributed by atoms with Crippen molar-refractivity contribution in [2.24, 2.45) is 5.84 Å². The van der Waals surface area contributed by atoms with Crippen LogP contribution in [0.1, 0.15) is 6.92 Å². The Kier molecular flexibility index (Phi) is 6.22. The van der Waals surface area contributed by atoms with Gasteiger partial charge in [-0.15, -0.1) is 0 Å². The highest BCUT2D eigenvalue weighted by Gasteiger charge is 2.25. The first kappa shape index (κ1) is 17.1. The van der Waals surface area contributed by atoms with Crippen molar-refractivity contribution in [1.29, 1.82) is 0 Å². The van der Waals surface area contributed by atoms with Crippen molar-refractivity contribution in [2.75, 3.05) is 17.0 Å². The van der Waals surface area contributed by atoms with Gasteiger partial charge in [0.15, 0.2) is 0 Å². The minimum Gasteiger partial charge on any atom is -0.463 e. The Hall–Kier alpha value is -2.28. The van der Waals surface area contributed by atoms with E-state index in [1.165, 1.54) is 5.01 Å². The van der Waals surface area contributed by atoms with Crippen LogP contribution in [0.25, 0.3) is 0 Å². The Bertz CT molecular complexity index is 622. The van der Waals surface area contributed by atoms with Gasteiger partial charge >= 0.3 is 5.97 Å². The van der Waals surface area contributed by atoms with Gasteiger partial charge in [-0.25, -0.2) is 16.1 Å². The maximum Gasteiger partial charge on any atom is 0.347 e. The zero-order valence-corrected chi connectivity index (χ0v) is 13.5. The molecule has 0 amide bonds. The number of para-hydroxylation sites is 1. The number of esters is 1. The van der Waals surface area contributed by atoms with Crippen molar-refractivity contribution in [3.63, 3.8) is 0 Å². The lowest BCUT2D eigenvalue weighted by atomic mass is 10.3. The lowest BCUT2D eigenvalue weighted by Crippen LogP contribution is -2.57. The summed E-state index contributed by atoms with van der Waals surface area (Å²) in [6.07, 6.45) is -0.906. The largest absolute Gasteiger partial charge is 0.463 e. The first-order chi connectivity index (χ1) is 11.1. The quantitative estimate of drug-likeness (QED) is 0.312. The fourth-order valence-electron chi connectivity index (χ4n) is 1.90. The van der Waals surface area contributed by atoms with E-state index in [2.05, 4.69) is 10.9 Å². The summed E-state index contributed by atoms with van der Waals surface area (Å²) in [5.41, 5.74) is 7.24. The zero-order chi connectivity index (χ0) is 16.7. The van der Waals surface area contributed by atoms with Gasteiger partial charge in [-0.1, -0.05) is 29.8 Å². The van der Waals surface area contributed by atoms with Crippen LogP contribution in [0.5, 0.6) is 0 Å². The van der Waals surface area contributed by atoms with Crippen molar-refractivity contribution in [3.8, 4) is 0 Å². The number of nitrogens with one attached hydrogen (secondary N) is 2. The smallest absolute Gasteiger partial charge is 0.347 e. The second kappa shape index (κ2) is 8.38. The molecule has 0 spiro atoms. The molecule has 0 aromatic heterocycles. The summed E-state index contributed by atoms with van der Waals surface area (Å²) < 4.78 is 5.07. The zero-order valence-electron chi connectivity index (χ0n) is 12.7. The number of hydrogen-bond donors (Lipinski definition) is 3. The number of nitrogens with zero attached hydrogens (tertiary/aromatic N) is 1. The minimum atomic E-state index is -0.906. The summed E-state index contributed by atoms with van der Waals surface area (Å²) >= 11 is 5.87. The van der Waals surface area contributed by atoms with Gasteiger partial charge in [0.25, 0.3) is 0 Å². The highest BCUT2D eigenvalue weighted by Crippen LogP contribution is 2.17. The predicted molar refractivity (Wildman–Crippen MR) is 91.7 cm³/mol. The molecule has 1 atom stereocenters. The van der Waals surface area contributed by atoms with E-state index in [1.807, 2.05) is 30.3 Å². The highest BCUT2D eigenvalue weighted by molar-refractivity contribution is 6.30. The fraction of sp³-hybridized carbons (Fsp3) is 0.188. The number of rotatable bonds is 7. The second-order valence-corrected chi connectivity index (χ2v) is 5.11. The van der Waals surface area contributed by atoms with E-state index in [1.54, 1.807) is 31.2 Å². The molecule has 122 valence electrons. The van der Waals surface area contributed by atoms with E-state index in [0.29, 0.717) is 10.7 Å². The number of hydrazine groups is 2. The summed E-state index contributed by atoms with van der Waals surface area (Å²) in [7, 11) is 0. The molecule has 0 fully saturated rings. The molecule has 2 aromatic rings. The van der Waals surface area contributed by atoms with Gasteiger partial charge in [0, 0.05) is 10.7 Å². The molecule has 0 heterocycles. The summed E-state index contributed by atoms with van der Waals surface area (Å²) in [5, 5.41) is 1.87. The van der Waals surface area contributed by atoms with E-state index >= 15 is 0 Å². The Balaban J connectivity index is 2.12. The number of hydrogen-bond acceptors (Lipinski definition) is 6. The van der Waals surface area contributed by atoms with Gasteiger partial charge in [0.05, 0.1) is 12.3 Å². The molecule has 0 saturated heterocycles. The van der Waals surface area contributed by atoms with E-state index < -0.39 is 12.1 Å². The minimum absolute atomic E-state index is 0.261. The Labute approximate surface area is 140 Å². The Morgan fingerprint density at radius 1 is 1.22 bits per heavy atom. The lowest BCUT2D eigenvalue weighted by molar-refractivity contribution is -0.145. The van der Waals surface area contributed by atoms with Gasteiger partial charge in [0.2, 0.25) is 6.17 Å². The van der Waals surface area contributed by atoms with Crippen LogP contribution < -0.4 is 21.7 Å². The molecule has 2 aromatic carbocycles. The monoisotopic (exact) mass is 334 g/mol. The molecule has 2 rings (SSSR count). The van der Waals surface area contributed by atoms with Crippen molar-refractivity contribution >= 4 is 28.9 Å². The number of halogens is 1. The van der Waals surface area contributed by atoms with Gasteiger partial charge in [-0.3, -0.25) is 5.01 Å². The normalized spacial score (nSPS) is 11.6. The van der Waals surface area contributed by atoms with Crippen LogP contribution >= 0.6 is 11.6 Å². The van der Waals surface area contributed by atoms with Gasteiger partial charge in [-0.05, 0) is 43.3 Å². The predicted octanol–water partition coefficient (Wildman–Crippen LogP) is 2.53. The van der Waals surface area contributed by atoms with Crippen LogP contribution in [0.4, 0.5) is 11.4 Å². The van der Waals surface area contributed by atoms with Crippen LogP contribution in [0.2, 0.25) is 5.02 Å². The Morgan fingerprint density at radius 2 is 1.87 bits per heavy atom. The first-order valence-electron chi connectivity index (χ1n) is 7.14. The fourth-order valence-corrected chi connectivity index (χ4v) is 2.02. The van der Waals surface area contributed by atoms with E-state index in [0.717, 1.165) is 5.69 Å². The molecule has 0 aliphatic carbocycles. The second-order valence-electron chi connectivity index (χ2n) is 4.67. The average Bonchev–Trinajstić information content (AvgIpc) is 2.56. The maximum atomic E-state index is 12.2. The van der Waals surface area contributed by atoms with Crippen molar-refractivity contribution in [2.45, 2.75) is 13.1 Å². The van der Waals surface area contributed by atoms with Crippen LogP contribution in [0.3, 0.4) is 0 Å². The van der Waals surface area contributed by atoms with Gasteiger partial charge < -0.3 is 10.2 Å². The van der Waals surface area contributed by atoms with Crippen LogP contribution in [0.15, 0.2) is 54.6 Å². The molecule has 0 radical (unpaired) electrons. The highest BCUT2D eigenvalue weighted by atomic mass is 35.5. The molecule has 0 bridgehead atoms. The van der Waals surface area contributed by atoms with Gasteiger partial charge in [-0.2, -0.15) is 0 Å². The van der Waals surface area contributed by atoms with Crippen molar-refractivity contribution < 1.29 is 9.53 Å². The SMILES string of the molecule is CCOC(=O)C(NNc1ccccc1)N(N)c1ccc(Cl)cc1. The maximum absolute atomic E-state index is 12.2. The molecule has 6 nitrogen and oxygen atoms in total. The third kappa shape index (κ3) is 4.85. The molecule has 0 aliphatic rings. The molecular weight excluding hydrogens is 316 g/mol. The standard InChI is InChI=1S/C16H19ClN4O2/c1-2-23-16(22)15(20-19-13-6-4-3-5-7-13)21(18)14-10-8-12(17)9-11-14/h3-11,15,19-20H,2,18H2,1H3.